The highest BCUT2D eigenvalue weighted by Gasteiger charge is 2.42. The van der Waals surface area contributed by atoms with Crippen LogP contribution >= 0.6 is 0 Å². The van der Waals surface area contributed by atoms with Crippen molar-refractivity contribution in [1.29, 1.82) is 0 Å². The molecule has 1 aromatic carbocycles. The number of ether oxygens (including phenoxy) is 2. The van der Waals surface area contributed by atoms with Crippen molar-refractivity contribution in [3.8, 4) is 11.5 Å². The third-order valence-corrected chi connectivity index (χ3v) is 6.83. The van der Waals surface area contributed by atoms with Crippen molar-refractivity contribution >= 4 is 0 Å². The van der Waals surface area contributed by atoms with E-state index in [1.54, 1.807) is 14.2 Å². The molecule has 1 aromatic rings. The molecule has 4 rings (SSSR count). The molecule has 144 valence electrons. The smallest absolute Gasteiger partial charge is 0.122 e. The zero-order chi connectivity index (χ0) is 17.9. The SMILES string of the molecule is COc1cc(CN2CCN3CCCC3C2C2CCCCC2)cc(OC)c1. The molecule has 3 fully saturated rings. The molecule has 4 nitrogen and oxygen atoms in total. The minimum absolute atomic E-state index is 0.726. The average molecular weight is 359 g/mol. The van der Waals surface area contributed by atoms with Crippen LogP contribution in [0.4, 0.5) is 0 Å². The molecule has 2 unspecified atom stereocenters. The summed E-state index contributed by atoms with van der Waals surface area (Å²) < 4.78 is 11.0. The monoisotopic (exact) mass is 358 g/mol. The summed E-state index contributed by atoms with van der Waals surface area (Å²) in [5.41, 5.74) is 1.31. The number of hydrogen-bond donors (Lipinski definition) is 0. The van der Waals surface area contributed by atoms with E-state index in [1.807, 2.05) is 6.07 Å². The molecule has 2 heterocycles. The van der Waals surface area contributed by atoms with Crippen LogP contribution in [0.1, 0.15) is 50.5 Å². The van der Waals surface area contributed by atoms with Gasteiger partial charge in [-0.05, 0) is 55.8 Å². The Morgan fingerprint density at radius 2 is 1.58 bits per heavy atom. The highest BCUT2D eigenvalue weighted by Crippen LogP contribution is 2.38. The Labute approximate surface area is 158 Å². The van der Waals surface area contributed by atoms with Crippen molar-refractivity contribution in [2.24, 2.45) is 5.92 Å². The molecule has 2 saturated heterocycles. The summed E-state index contributed by atoms with van der Waals surface area (Å²) in [6, 6.07) is 7.84. The van der Waals surface area contributed by atoms with Crippen molar-refractivity contribution in [2.45, 2.75) is 63.6 Å². The van der Waals surface area contributed by atoms with Gasteiger partial charge in [0.25, 0.3) is 0 Å². The van der Waals surface area contributed by atoms with Crippen molar-refractivity contribution in [3.05, 3.63) is 23.8 Å². The second-order valence-electron chi connectivity index (χ2n) is 8.33. The largest absolute Gasteiger partial charge is 0.497 e. The summed E-state index contributed by atoms with van der Waals surface area (Å²) in [5.74, 6) is 2.67. The lowest BCUT2D eigenvalue weighted by molar-refractivity contribution is -0.00384. The van der Waals surface area contributed by atoms with Gasteiger partial charge in [0, 0.05) is 37.8 Å². The van der Waals surface area contributed by atoms with Gasteiger partial charge in [-0.3, -0.25) is 9.80 Å². The highest BCUT2D eigenvalue weighted by molar-refractivity contribution is 5.38. The summed E-state index contributed by atoms with van der Waals surface area (Å²) in [5, 5.41) is 0. The van der Waals surface area contributed by atoms with E-state index in [0.717, 1.165) is 36.0 Å². The maximum absolute atomic E-state index is 5.49. The molecule has 0 amide bonds. The van der Waals surface area contributed by atoms with Gasteiger partial charge < -0.3 is 9.47 Å². The summed E-state index contributed by atoms with van der Waals surface area (Å²) in [7, 11) is 3.47. The summed E-state index contributed by atoms with van der Waals surface area (Å²) in [6.07, 6.45) is 9.90. The standard InChI is InChI=1S/C22H34N2O2/c1-25-19-13-17(14-20(15-19)26-2)16-24-12-11-23-10-6-9-21(23)22(24)18-7-4-3-5-8-18/h13-15,18,21-22H,3-12,16H2,1-2H3. The van der Waals surface area contributed by atoms with Crippen molar-refractivity contribution < 1.29 is 9.47 Å². The van der Waals surface area contributed by atoms with Crippen molar-refractivity contribution in [1.82, 2.24) is 9.80 Å². The lowest BCUT2D eigenvalue weighted by Crippen LogP contribution is -2.59. The van der Waals surface area contributed by atoms with Crippen LogP contribution in [-0.4, -0.2) is 55.7 Å². The first-order valence-electron chi connectivity index (χ1n) is 10.5. The van der Waals surface area contributed by atoms with Crippen LogP contribution < -0.4 is 9.47 Å². The first-order valence-corrected chi connectivity index (χ1v) is 10.5. The Morgan fingerprint density at radius 1 is 0.846 bits per heavy atom. The van der Waals surface area contributed by atoms with E-state index in [9.17, 15) is 0 Å². The number of methoxy groups -OCH3 is 2. The van der Waals surface area contributed by atoms with Gasteiger partial charge in [0.2, 0.25) is 0 Å². The maximum atomic E-state index is 5.49. The van der Waals surface area contributed by atoms with Crippen LogP contribution in [0.25, 0.3) is 0 Å². The molecule has 2 atom stereocenters. The molecular weight excluding hydrogens is 324 g/mol. The molecule has 1 aliphatic carbocycles. The molecule has 2 aliphatic heterocycles. The summed E-state index contributed by atoms with van der Waals surface area (Å²) in [6.45, 7) is 4.75. The molecule has 26 heavy (non-hydrogen) atoms. The Hall–Kier alpha value is -1.26. The van der Waals surface area contributed by atoms with E-state index in [1.165, 1.54) is 70.1 Å². The predicted octanol–water partition coefficient (Wildman–Crippen LogP) is 3.93. The second-order valence-corrected chi connectivity index (χ2v) is 8.33. The average Bonchev–Trinajstić information content (AvgIpc) is 3.17. The van der Waals surface area contributed by atoms with Crippen LogP contribution in [0, 0.1) is 5.92 Å². The number of fused-ring (bicyclic) bond motifs is 1. The van der Waals surface area contributed by atoms with E-state index in [0.29, 0.717) is 0 Å². The molecule has 4 heteroatoms. The Bertz CT molecular complexity index is 578. The maximum Gasteiger partial charge on any atom is 0.122 e. The van der Waals surface area contributed by atoms with Gasteiger partial charge in [-0.2, -0.15) is 0 Å². The number of nitrogens with zero attached hydrogens (tertiary/aromatic N) is 2. The van der Waals surface area contributed by atoms with E-state index >= 15 is 0 Å². The van der Waals surface area contributed by atoms with Crippen LogP contribution in [0.3, 0.4) is 0 Å². The minimum atomic E-state index is 0.726. The van der Waals surface area contributed by atoms with Gasteiger partial charge in [-0.25, -0.2) is 0 Å². The second kappa shape index (κ2) is 8.18. The first kappa shape index (κ1) is 18.1. The van der Waals surface area contributed by atoms with Gasteiger partial charge >= 0.3 is 0 Å². The van der Waals surface area contributed by atoms with E-state index in [2.05, 4.69) is 21.9 Å². The van der Waals surface area contributed by atoms with E-state index < -0.39 is 0 Å². The summed E-state index contributed by atoms with van der Waals surface area (Å²) in [4.78, 5) is 5.57. The zero-order valence-corrected chi connectivity index (χ0v) is 16.5. The fraction of sp³-hybridized carbons (Fsp3) is 0.727. The number of rotatable bonds is 5. The molecule has 3 aliphatic rings. The van der Waals surface area contributed by atoms with Gasteiger partial charge in [0.15, 0.2) is 0 Å². The third-order valence-electron chi connectivity index (χ3n) is 6.83. The lowest BCUT2D eigenvalue weighted by Gasteiger charge is -2.49. The van der Waals surface area contributed by atoms with Gasteiger partial charge in [-0.15, -0.1) is 0 Å². The number of benzene rings is 1. The lowest BCUT2D eigenvalue weighted by atomic mass is 9.78. The molecule has 0 N–H and O–H groups in total. The first-order chi connectivity index (χ1) is 12.8. The van der Waals surface area contributed by atoms with Crippen molar-refractivity contribution in [3.63, 3.8) is 0 Å². The highest BCUT2D eigenvalue weighted by atomic mass is 16.5. The van der Waals surface area contributed by atoms with Gasteiger partial charge in [0.1, 0.15) is 11.5 Å². The Kier molecular flexibility index (Phi) is 5.70. The predicted molar refractivity (Wildman–Crippen MR) is 105 cm³/mol. The number of hydrogen-bond acceptors (Lipinski definition) is 4. The molecular formula is C22H34N2O2. The Balaban J connectivity index is 1.57. The summed E-state index contributed by atoms with van der Waals surface area (Å²) >= 11 is 0. The van der Waals surface area contributed by atoms with Crippen LogP contribution in [0.15, 0.2) is 18.2 Å². The zero-order valence-electron chi connectivity index (χ0n) is 16.5. The van der Waals surface area contributed by atoms with Crippen LogP contribution in [0.5, 0.6) is 11.5 Å². The van der Waals surface area contributed by atoms with E-state index in [-0.39, 0.29) is 0 Å². The molecule has 0 radical (unpaired) electrons. The Morgan fingerprint density at radius 3 is 2.27 bits per heavy atom. The van der Waals surface area contributed by atoms with E-state index in [4.69, 9.17) is 9.47 Å². The quantitative estimate of drug-likeness (QED) is 0.796. The molecule has 0 aromatic heterocycles. The van der Waals surface area contributed by atoms with Gasteiger partial charge in [-0.1, -0.05) is 19.3 Å². The molecule has 0 bridgehead atoms. The van der Waals surface area contributed by atoms with Gasteiger partial charge in [0.05, 0.1) is 14.2 Å². The van der Waals surface area contributed by atoms with Crippen molar-refractivity contribution in [2.75, 3.05) is 33.9 Å². The number of piperazine rings is 1. The molecule has 0 spiro atoms. The minimum Gasteiger partial charge on any atom is -0.497 e. The van der Waals surface area contributed by atoms with Crippen LogP contribution in [0.2, 0.25) is 0 Å². The fourth-order valence-electron chi connectivity index (χ4n) is 5.63. The van der Waals surface area contributed by atoms with Crippen LogP contribution in [-0.2, 0) is 6.54 Å². The fourth-order valence-corrected chi connectivity index (χ4v) is 5.63. The topological polar surface area (TPSA) is 24.9 Å². The normalized spacial score (nSPS) is 28.1. The third kappa shape index (κ3) is 3.72. The molecule has 1 saturated carbocycles.